The predicted molar refractivity (Wildman–Crippen MR) is 98.5 cm³/mol. The van der Waals surface area contributed by atoms with Crippen LogP contribution in [-0.2, 0) is 11.2 Å². The van der Waals surface area contributed by atoms with Crippen LogP contribution in [0.5, 0.6) is 0 Å². The van der Waals surface area contributed by atoms with Crippen LogP contribution >= 0.6 is 15.9 Å². The molecule has 0 saturated carbocycles. The van der Waals surface area contributed by atoms with Gasteiger partial charge in [-0.3, -0.25) is 9.78 Å². The maximum atomic E-state index is 12.4. The SMILES string of the molecule is O=C(NC(Cc1ccc(Br)cc1)C(=O)O)c1cc2ccccc2cn1. The van der Waals surface area contributed by atoms with Crippen molar-refractivity contribution in [1.29, 1.82) is 0 Å². The maximum Gasteiger partial charge on any atom is 0.326 e. The van der Waals surface area contributed by atoms with Gasteiger partial charge in [-0.2, -0.15) is 0 Å². The van der Waals surface area contributed by atoms with Crippen LogP contribution in [0.15, 0.2) is 65.3 Å². The Labute approximate surface area is 152 Å². The number of nitrogens with zero attached hydrogens (tertiary/aromatic N) is 1. The van der Waals surface area contributed by atoms with Crippen LogP contribution in [0.25, 0.3) is 10.8 Å². The number of hydrogen-bond donors (Lipinski definition) is 2. The van der Waals surface area contributed by atoms with E-state index < -0.39 is 17.9 Å². The van der Waals surface area contributed by atoms with E-state index in [1.165, 1.54) is 0 Å². The number of rotatable bonds is 5. The number of carbonyl (C=O) groups is 2. The van der Waals surface area contributed by atoms with Gasteiger partial charge in [-0.25, -0.2) is 4.79 Å². The van der Waals surface area contributed by atoms with E-state index in [9.17, 15) is 14.7 Å². The Kier molecular flexibility index (Phi) is 5.09. The zero-order valence-electron chi connectivity index (χ0n) is 13.1. The molecule has 0 aliphatic heterocycles. The number of aromatic nitrogens is 1. The molecular weight excluding hydrogens is 384 g/mol. The number of fused-ring (bicyclic) bond motifs is 1. The number of halogens is 1. The summed E-state index contributed by atoms with van der Waals surface area (Å²) in [5.41, 5.74) is 1.02. The van der Waals surface area contributed by atoms with Gasteiger partial charge in [0.05, 0.1) is 0 Å². The minimum absolute atomic E-state index is 0.195. The molecule has 1 heterocycles. The minimum atomic E-state index is -1.09. The average molecular weight is 399 g/mol. The van der Waals surface area contributed by atoms with Crippen LogP contribution in [0.2, 0.25) is 0 Å². The van der Waals surface area contributed by atoms with E-state index in [2.05, 4.69) is 26.2 Å². The minimum Gasteiger partial charge on any atom is -0.480 e. The zero-order valence-corrected chi connectivity index (χ0v) is 14.7. The molecule has 2 N–H and O–H groups in total. The highest BCUT2D eigenvalue weighted by Crippen LogP contribution is 2.14. The first-order valence-electron chi connectivity index (χ1n) is 7.66. The van der Waals surface area contributed by atoms with Crippen molar-refractivity contribution >= 4 is 38.6 Å². The Morgan fingerprint density at radius 1 is 1.08 bits per heavy atom. The summed E-state index contributed by atoms with van der Waals surface area (Å²) in [5, 5.41) is 13.8. The number of aliphatic carboxylic acids is 1. The van der Waals surface area contributed by atoms with Crippen molar-refractivity contribution in [3.8, 4) is 0 Å². The van der Waals surface area contributed by atoms with Gasteiger partial charge >= 0.3 is 5.97 Å². The number of carboxylic acid groups (broad SMARTS) is 1. The van der Waals surface area contributed by atoms with Crippen LogP contribution in [-0.4, -0.2) is 28.0 Å². The van der Waals surface area contributed by atoms with Crippen molar-refractivity contribution in [3.63, 3.8) is 0 Å². The summed E-state index contributed by atoms with van der Waals surface area (Å²) >= 11 is 3.34. The van der Waals surface area contributed by atoms with Crippen molar-refractivity contribution in [2.45, 2.75) is 12.5 Å². The van der Waals surface area contributed by atoms with E-state index in [-0.39, 0.29) is 12.1 Å². The first kappa shape index (κ1) is 17.1. The summed E-state index contributed by atoms with van der Waals surface area (Å²) in [6.45, 7) is 0. The Morgan fingerprint density at radius 2 is 1.76 bits per heavy atom. The van der Waals surface area contributed by atoms with E-state index in [4.69, 9.17) is 0 Å². The lowest BCUT2D eigenvalue weighted by atomic mass is 10.1. The molecule has 0 radical (unpaired) electrons. The second-order valence-electron chi connectivity index (χ2n) is 5.61. The van der Waals surface area contributed by atoms with Gasteiger partial charge in [0, 0.05) is 22.5 Å². The maximum absolute atomic E-state index is 12.4. The number of amides is 1. The first-order valence-corrected chi connectivity index (χ1v) is 8.45. The molecule has 0 saturated heterocycles. The fourth-order valence-corrected chi connectivity index (χ4v) is 2.76. The molecule has 3 aromatic rings. The lowest BCUT2D eigenvalue weighted by molar-refractivity contribution is -0.139. The fourth-order valence-electron chi connectivity index (χ4n) is 2.50. The quantitative estimate of drug-likeness (QED) is 0.689. The van der Waals surface area contributed by atoms with Gasteiger partial charge in [-0.15, -0.1) is 0 Å². The van der Waals surface area contributed by atoms with Gasteiger partial charge in [0.2, 0.25) is 0 Å². The highest BCUT2D eigenvalue weighted by Gasteiger charge is 2.21. The molecule has 0 fully saturated rings. The summed E-state index contributed by atoms with van der Waals surface area (Å²) in [6, 6.07) is 15.5. The molecule has 1 atom stereocenters. The third-order valence-electron chi connectivity index (χ3n) is 3.82. The van der Waals surface area contributed by atoms with E-state index in [0.717, 1.165) is 20.8 Å². The number of nitrogens with one attached hydrogen (secondary N) is 1. The zero-order chi connectivity index (χ0) is 17.8. The second kappa shape index (κ2) is 7.44. The van der Waals surface area contributed by atoms with Gasteiger partial charge in [-0.1, -0.05) is 52.3 Å². The molecule has 0 aliphatic carbocycles. The van der Waals surface area contributed by atoms with Crippen molar-refractivity contribution in [1.82, 2.24) is 10.3 Å². The fraction of sp³-hybridized carbons (Fsp3) is 0.105. The first-order chi connectivity index (χ1) is 12.0. The molecule has 0 bridgehead atoms. The van der Waals surface area contributed by atoms with Crippen molar-refractivity contribution in [3.05, 3.63) is 76.5 Å². The van der Waals surface area contributed by atoms with Gasteiger partial charge in [0.15, 0.2) is 0 Å². The van der Waals surface area contributed by atoms with E-state index in [1.54, 1.807) is 12.3 Å². The highest BCUT2D eigenvalue weighted by molar-refractivity contribution is 9.10. The second-order valence-corrected chi connectivity index (χ2v) is 6.53. The van der Waals surface area contributed by atoms with Gasteiger partial charge in [0.1, 0.15) is 11.7 Å². The highest BCUT2D eigenvalue weighted by atomic mass is 79.9. The van der Waals surface area contributed by atoms with Crippen LogP contribution in [0.4, 0.5) is 0 Å². The van der Waals surface area contributed by atoms with Crippen LogP contribution in [0, 0.1) is 0 Å². The monoisotopic (exact) mass is 398 g/mol. The summed E-state index contributed by atoms with van der Waals surface area (Å²) in [5.74, 6) is -1.59. The van der Waals surface area contributed by atoms with Crippen molar-refractivity contribution in [2.75, 3.05) is 0 Å². The standard InChI is InChI=1S/C19H15BrN2O3/c20-15-7-5-12(6-8-15)9-17(19(24)25)22-18(23)16-10-13-3-1-2-4-14(13)11-21-16/h1-8,10-11,17H,9H2,(H,22,23)(H,24,25). The van der Waals surface area contributed by atoms with Gasteiger partial charge in [0.25, 0.3) is 5.91 Å². The summed E-state index contributed by atoms with van der Waals surface area (Å²) in [6.07, 6.45) is 1.80. The Morgan fingerprint density at radius 3 is 2.44 bits per heavy atom. The molecule has 0 spiro atoms. The summed E-state index contributed by atoms with van der Waals surface area (Å²) in [7, 11) is 0. The molecule has 2 aromatic carbocycles. The lowest BCUT2D eigenvalue weighted by Crippen LogP contribution is -2.42. The van der Waals surface area contributed by atoms with Gasteiger partial charge in [-0.05, 0) is 29.1 Å². The van der Waals surface area contributed by atoms with Gasteiger partial charge < -0.3 is 10.4 Å². The molecule has 6 heteroatoms. The molecule has 25 heavy (non-hydrogen) atoms. The molecular formula is C19H15BrN2O3. The molecule has 3 rings (SSSR count). The van der Waals surface area contributed by atoms with Crippen molar-refractivity contribution < 1.29 is 14.7 Å². The summed E-state index contributed by atoms with van der Waals surface area (Å²) < 4.78 is 0.910. The molecule has 126 valence electrons. The topological polar surface area (TPSA) is 79.3 Å². The molecule has 5 nitrogen and oxygen atoms in total. The molecule has 1 unspecified atom stereocenters. The number of carboxylic acids is 1. The van der Waals surface area contributed by atoms with Crippen molar-refractivity contribution in [2.24, 2.45) is 0 Å². The smallest absolute Gasteiger partial charge is 0.326 e. The molecule has 1 amide bonds. The largest absolute Gasteiger partial charge is 0.480 e. The van der Waals surface area contributed by atoms with Crippen LogP contribution in [0.1, 0.15) is 16.1 Å². The van der Waals surface area contributed by atoms with Crippen LogP contribution in [0.3, 0.4) is 0 Å². The predicted octanol–water partition coefficient (Wildman–Crippen LogP) is 3.42. The Balaban J connectivity index is 1.77. The van der Waals surface area contributed by atoms with Crippen LogP contribution < -0.4 is 5.32 Å². The molecule has 1 aromatic heterocycles. The third kappa shape index (κ3) is 4.22. The normalized spacial score (nSPS) is 11.9. The number of carbonyl (C=O) groups excluding carboxylic acids is 1. The number of benzene rings is 2. The Bertz CT molecular complexity index is 925. The van der Waals surface area contributed by atoms with E-state index >= 15 is 0 Å². The molecule has 0 aliphatic rings. The van der Waals surface area contributed by atoms with E-state index in [0.29, 0.717) is 0 Å². The average Bonchev–Trinajstić information content (AvgIpc) is 2.62. The lowest BCUT2D eigenvalue weighted by Gasteiger charge is -2.14. The Hall–Kier alpha value is -2.73. The number of hydrogen-bond acceptors (Lipinski definition) is 3. The third-order valence-corrected chi connectivity index (χ3v) is 4.35. The summed E-state index contributed by atoms with van der Waals surface area (Å²) in [4.78, 5) is 28.0. The number of pyridine rings is 1. The van der Waals surface area contributed by atoms with E-state index in [1.807, 2.05) is 48.5 Å².